The number of carbonyl (C=O) groups is 1. The minimum atomic E-state index is -1.79. The third-order valence-corrected chi connectivity index (χ3v) is 4.86. The van der Waals surface area contributed by atoms with Gasteiger partial charge in [-0.3, -0.25) is 4.79 Å². The van der Waals surface area contributed by atoms with E-state index in [1.807, 2.05) is 0 Å². The summed E-state index contributed by atoms with van der Waals surface area (Å²) in [6.07, 6.45) is 7.42. The van der Waals surface area contributed by atoms with E-state index in [-0.39, 0.29) is 6.42 Å². The van der Waals surface area contributed by atoms with Gasteiger partial charge < -0.3 is 25.5 Å². The number of Topliss-reactive ketones (excluding diaryl/α,β-unsaturated/α-hetero) is 1. The molecule has 0 fully saturated rings. The quantitative estimate of drug-likeness (QED) is 0.234. The molecular formula is C20H40O6. The zero-order valence-corrected chi connectivity index (χ0v) is 16.4. The molecule has 6 heteroatoms. The normalized spacial score (nSPS) is 16.2. The SMILES string of the molecule is CCCCCCCCCCCCCCC(=O)[C@@H](O)[C@@H](O)[C@H](O)[C@H](O)CO. The predicted molar refractivity (Wildman–Crippen MR) is 102 cm³/mol. The van der Waals surface area contributed by atoms with Crippen LogP contribution in [-0.2, 0) is 4.79 Å². The van der Waals surface area contributed by atoms with Crippen molar-refractivity contribution in [2.75, 3.05) is 6.61 Å². The molecule has 0 heterocycles. The van der Waals surface area contributed by atoms with Crippen LogP contribution in [0.4, 0.5) is 0 Å². The van der Waals surface area contributed by atoms with E-state index in [9.17, 15) is 25.2 Å². The lowest BCUT2D eigenvalue weighted by Crippen LogP contribution is -2.48. The molecule has 0 aromatic carbocycles. The molecule has 5 N–H and O–H groups in total. The Morgan fingerprint density at radius 3 is 1.54 bits per heavy atom. The van der Waals surface area contributed by atoms with E-state index in [1.165, 1.54) is 51.4 Å². The van der Waals surface area contributed by atoms with Gasteiger partial charge >= 0.3 is 0 Å². The van der Waals surface area contributed by atoms with E-state index in [2.05, 4.69) is 6.92 Å². The lowest BCUT2D eigenvalue weighted by atomic mass is 9.97. The summed E-state index contributed by atoms with van der Waals surface area (Å²) in [5.41, 5.74) is 0. The highest BCUT2D eigenvalue weighted by atomic mass is 16.4. The second-order valence-corrected chi connectivity index (χ2v) is 7.28. The molecular weight excluding hydrogens is 336 g/mol. The average Bonchev–Trinajstić information content (AvgIpc) is 2.66. The van der Waals surface area contributed by atoms with Crippen molar-refractivity contribution in [3.63, 3.8) is 0 Å². The van der Waals surface area contributed by atoms with Crippen LogP contribution >= 0.6 is 0 Å². The van der Waals surface area contributed by atoms with Gasteiger partial charge in [0.15, 0.2) is 5.78 Å². The van der Waals surface area contributed by atoms with Gasteiger partial charge in [-0.2, -0.15) is 0 Å². The molecule has 0 bridgehead atoms. The molecule has 0 radical (unpaired) electrons. The fraction of sp³-hybridized carbons (Fsp3) is 0.950. The molecule has 0 aromatic rings. The van der Waals surface area contributed by atoms with Gasteiger partial charge in [0.25, 0.3) is 0 Å². The van der Waals surface area contributed by atoms with Crippen molar-refractivity contribution in [1.82, 2.24) is 0 Å². The standard InChI is InChI=1S/C20H40O6/c1-2-3-4-5-6-7-8-9-10-11-12-13-14-16(22)18(24)20(26)19(25)17(23)15-21/h17-21,23-26H,2-15H2,1H3/t17-,18-,19-,20-/m1/s1. The number of unbranched alkanes of at least 4 members (excludes halogenated alkanes) is 11. The third kappa shape index (κ3) is 12.0. The number of ketones is 1. The summed E-state index contributed by atoms with van der Waals surface area (Å²) >= 11 is 0. The monoisotopic (exact) mass is 376 g/mol. The molecule has 0 saturated heterocycles. The maximum atomic E-state index is 11.8. The first-order valence-electron chi connectivity index (χ1n) is 10.3. The Labute approximate surface area is 158 Å². The maximum Gasteiger partial charge on any atom is 0.164 e. The second-order valence-electron chi connectivity index (χ2n) is 7.28. The van der Waals surface area contributed by atoms with E-state index in [4.69, 9.17) is 5.11 Å². The molecule has 0 rings (SSSR count). The molecule has 6 nitrogen and oxygen atoms in total. The van der Waals surface area contributed by atoms with E-state index >= 15 is 0 Å². The lowest BCUT2D eigenvalue weighted by molar-refractivity contribution is -0.147. The highest BCUT2D eigenvalue weighted by Crippen LogP contribution is 2.14. The van der Waals surface area contributed by atoms with E-state index in [0.29, 0.717) is 6.42 Å². The number of hydrogen-bond donors (Lipinski definition) is 5. The van der Waals surface area contributed by atoms with Crippen molar-refractivity contribution in [2.45, 2.75) is 115 Å². The summed E-state index contributed by atoms with van der Waals surface area (Å²) in [6.45, 7) is 1.47. The Morgan fingerprint density at radius 1 is 0.692 bits per heavy atom. The van der Waals surface area contributed by atoms with Gasteiger partial charge in [0, 0.05) is 6.42 Å². The van der Waals surface area contributed by atoms with Crippen LogP contribution in [0.15, 0.2) is 0 Å². The number of carbonyl (C=O) groups excluding carboxylic acids is 1. The summed E-state index contributed by atoms with van der Waals surface area (Å²) in [7, 11) is 0. The second kappa shape index (κ2) is 16.6. The molecule has 0 saturated carbocycles. The van der Waals surface area contributed by atoms with Gasteiger partial charge in [-0.25, -0.2) is 0 Å². The van der Waals surface area contributed by atoms with Crippen LogP contribution in [0.25, 0.3) is 0 Å². The van der Waals surface area contributed by atoms with E-state index in [1.54, 1.807) is 0 Å². The van der Waals surface area contributed by atoms with Crippen LogP contribution in [-0.4, -0.2) is 62.3 Å². The van der Waals surface area contributed by atoms with Gasteiger partial charge in [0.05, 0.1) is 6.61 Å². The highest BCUT2D eigenvalue weighted by molar-refractivity contribution is 5.83. The van der Waals surface area contributed by atoms with Gasteiger partial charge in [0.2, 0.25) is 0 Å². The molecule has 156 valence electrons. The number of aliphatic hydroxyl groups is 5. The number of hydrogen-bond acceptors (Lipinski definition) is 6. The highest BCUT2D eigenvalue weighted by Gasteiger charge is 2.33. The van der Waals surface area contributed by atoms with Gasteiger partial charge in [0.1, 0.15) is 24.4 Å². The molecule has 0 unspecified atom stereocenters. The van der Waals surface area contributed by atoms with Crippen molar-refractivity contribution in [3.8, 4) is 0 Å². The van der Waals surface area contributed by atoms with Gasteiger partial charge in [-0.1, -0.05) is 77.6 Å². The Balaban J connectivity index is 3.61. The summed E-state index contributed by atoms with van der Waals surface area (Å²) in [5, 5.41) is 46.8. The van der Waals surface area contributed by atoms with Crippen molar-refractivity contribution < 1.29 is 30.3 Å². The fourth-order valence-electron chi connectivity index (χ4n) is 3.00. The first-order chi connectivity index (χ1) is 12.5. The molecule has 0 aliphatic rings. The van der Waals surface area contributed by atoms with Crippen LogP contribution in [0, 0.1) is 0 Å². The van der Waals surface area contributed by atoms with Crippen molar-refractivity contribution in [1.29, 1.82) is 0 Å². The third-order valence-electron chi connectivity index (χ3n) is 4.86. The van der Waals surface area contributed by atoms with Crippen LogP contribution in [0.2, 0.25) is 0 Å². The van der Waals surface area contributed by atoms with Crippen molar-refractivity contribution in [2.24, 2.45) is 0 Å². The largest absolute Gasteiger partial charge is 0.394 e. The number of aliphatic hydroxyl groups excluding tert-OH is 5. The van der Waals surface area contributed by atoms with Gasteiger partial charge in [-0.15, -0.1) is 0 Å². The smallest absolute Gasteiger partial charge is 0.164 e. The molecule has 0 aromatic heterocycles. The molecule has 0 aliphatic heterocycles. The maximum absolute atomic E-state index is 11.8. The molecule has 26 heavy (non-hydrogen) atoms. The molecule has 0 aliphatic carbocycles. The Hall–Kier alpha value is -0.530. The minimum Gasteiger partial charge on any atom is -0.394 e. The van der Waals surface area contributed by atoms with Crippen LogP contribution in [0.3, 0.4) is 0 Å². The Morgan fingerprint density at radius 2 is 1.12 bits per heavy atom. The first-order valence-corrected chi connectivity index (χ1v) is 10.3. The van der Waals surface area contributed by atoms with Crippen molar-refractivity contribution >= 4 is 5.78 Å². The molecule has 0 amide bonds. The Bertz CT molecular complexity index is 336. The molecule has 4 atom stereocenters. The summed E-state index contributed by atoms with van der Waals surface area (Å²) in [5.74, 6) is -0.547. The first kappa shape index (κ1) is 25.5. The fourth-order valence-corrected chi connectivity index (χ4v) is 3.00. The predicted octanol–water partition coefficient (Wildman–Crippen LogP) is 2.08. The topological polar surface area (TPSA) is 118 Å². The molecule has 0 spiro atoms. The summed E-state index contributed by atoms with van der Waals surface area (Å²) in [6, 6.07) is 0. The van der Waals surface area contributed by atoms with Gasteiger partial charge in [-0.05, 0) is 6.42 Å². The summed E-state index contributed by atoms with van der Waals surface area (Å²) in [4.78, 5) is 11.8. The van der Waals surface area contributed by atoms with Crippen molar-refractivity contribution in [3.05, 3.63) is 0 Å². The number of rotatable bonds is 18. The van der Waals surface area contributed by atoms with Crippen LogP contribution in [0.5, 0.6) is 0 Å². The van der Waals surface area contributed by atoms with E-state index in [0.717, 1.165) is 19.3 Å². The van der Waals surface area contributed by atoms with Crippen LogP contribution < -0.4 is 0 Å². The van der Waals surface area contributed by atoms with E-state index < -0.39 is 36.8 Å². The van der Waals surface area contributed by atoms with Crippen LogP contribution in [0.1, 0.15) is 90.4 Å². The lowest BCUT2D eigenvalue weighted by Gasteiger charge is -2.24. The summed E-state index contributed by atoms with van der Waals surface area (Å²) < 4.78 is 0. The minimum absolute atomic E-state index is 0.137. The zero-order valence-electron chi connectivity index (χ0n) is 16.4. The average molecular weight is 377 g/mol. The zero-order chi connectivity index (χ0) is 19.8. The Kier molecular flexibility index (Phi) is 16.3.